The maximum absolute atomic E-state index is 12.7. The highest BCUT2D eigenvalue weighted by molar-refractivity contribution is 5.76. The Morgan fingerprint density at radius 1 is 1.11 bits per heavy atom. The van der Waals surface area contributed by atoms with E-state index in [1.807, 2.05) is 17.0 Å². The lowest BCUT2D eigenvalue weighted by atomic mass is 9.75. The Bertz CT molecular complexity index is 782. The van der Waals surface area contributed by atoms with E-state index in [0.29, 0.717) is 17.7 Å². The monoisotopic (exact) mass is 367 g/mol. The number of hydrogen-bond donors (Lipinski definition) is 0. The molecule has 0 N–H and O–H groups in total. The third-order valence-electron chi connectivity index (χ3n) is 6.21. The molecule has 6 heteroatoms. The van der Waals surface area contributed by atoms with E-state index < -0.39 is 0 Å². The van der Waals surface area contributed by atoms with E-state index in [4.69, 9.17) is 0 Å². The molecule has 1 aromatic carbocycles. The summed E-state index contributed by atoms with van der Waals surface area (Å²) in [6.45, 7) is 6.30. The smallest absolute Gasteiger partial charge is 0.246 e. The van der Waals surface area contributed by atoms with Gasteiger partial charge in [0.15, 0.2) is 0 Å². The second kappa shape index (κ2) is 7.79. The van der Waals surface area contributed by atoms with Crippen LogP contribution in [0.3, 0.4) is 0 Å². The van der Waals surface area contributed by atoms with Crippen LogP contribution >= 0.6 is 0 Å². The fourth-order valence-corrected chi connectivity index (χ4v) is 4.49. The predicted octanol–water partition coefficient (Wildman–Crippen LogP) is 3.50. The topological polar surface area (TPSA) is 63.9 Å². The first-order chi connectivity index (χ1) is 13.1. The highest BCUT2D eigenvalue weighted by Crippen LogP contribution is 2.36. The summed E-state index contributed by atoms with van der Waals surface area (Å²) >= 11 is 0. The van der Waals surface area contributed by atoms with Crippen LogP contribution in [-0.4, -0.2) is 44.1 Å². The minimum atomic E-state index is 0.109. The Kier molecular flexibility index (Phi) is 5.23. The van der Waals surface area contributed by atoms with Crippen LogP contribution in [0.15, 0.2) is 24.3 Å². The number of likely N-dealkylation sites (tertiary alicyclic amines) is 1. The highest BCUT2D eigenvalue weighted by Gasteiger charge is 2.33. The van der Waals surface area contributed by atoms with Gasteiger partial charge in [0.05, 0.1) is 0 Å². The van der Waals surface area contributed by atoms with Crippen molar-refractivity contribution >= 4 is 5.91 Å². The molecule has 0 bridgehead atoms. The first-order valence-corrected chi connectivity index (χ1v) is 10.3. The molecule has 2 fully saturated rings. The minimum Gasteiger partial charge on any atom is -0.341 e. The zero-order valence-electron chi connectivity index (χ0n) is 16.3. The number of amides is 1. The third kappa shape index (κ3) is 4.04. The second-order valence-corrected chi connectivity index (χ2v) is 8.35. The van der Waals surface area contributed by atoms with Crippen molar-refractivity contribution in [2.45, 2.75) is 58.4 Å². The first kappa shape index (κ1) is 18.1. The molecule has 1 aliphatic carbocycles. The molecule has 0 spiro atoms. The van der Waals surface area contributed by atoms with Crippen molar-refractivity contribution in [3.8, 4) is 11.4 Å². The maximum Gasteiger partial charge on any atom is 0.246 e. The Labute approximate surface area is 160 Å². The number of aromatic nitrogens is 4. The van der Waals surface area contributed by atoms with E-state index in [2.05, 4.69) is 41.4 Å². The summed E-state index contributed by atoms with van der Waals surface area (Å²) in [6, 6.07) is 8.24. The van der Waals surface area contributed by atoms with Gasteiger partial charge in [0, 0.05) is 18.7 Å². The number of nitrogens with zero attached hydrogens (tertiary/aromatic N) is 5. The lowest BCUT2D eigenvalue weighted by molar-refractivity contribution is -0.135. The molecule has 0 unspecified atom stereocenters. The van der Waals surface area contributed by atoms with Crippen LogP contribution in [0.1, 0.15) is 57.4 Å². The summed E-state index contributed by atoms with van der Waals surface area (Å²) in [5, 5.41) is 12.6. The van der Waals surface area contributed by atoms with Crippen molar-refractivity contribution in [1.82, 2.24) is 25.1 Å². The van der Waals surface area contributed by atoms with Crippen LogP contribution in [0.2, 0.25) is 0 Å². The molecule has 144 valence electrons. The Morgan fingerprint density at radius 3 is 2.59 bits per heavy atom. The SMILES string of the molecule is CC(C)c1ccc(-c2nnn(CC(=O)N3CC[C@@H]4CCCC[C@@H]4C3)n2)cc1. The average molecular weight is 367 g/mol. The van der Waals surface area contributed by atoms with E-state index in [0.717, 1.165) is 31.0 Å². The van der Waals surface area contributed by atoms with Crippen molar-refractivity contribution in [3.05, 3.63) is 29.8 Å². The number of carbonyl (C=O) groups excluding carboxylic acids is 1. The summed E-state index contributed by atoms with van der Waals surface area (Å²) in [5.74, 6) is 2.69. The summed E-state index contributed by atoms with van der Waals surface area (Å²) in [4.78, 5) is 16.1. The van der Waals surface area contributed by atoms with Gasteiger partial charge in [0.2, 0.25) is 11.7 Å². The molecule has 6 nitrogen and oxygen atoms in total. The minimum absolute atomic E-state index is 0.109. The van der Waals surface area contributed by atoms with Gasteiger partial charge in [-0.1, -0.05) is 57.4 Å². The van der Waals surface area contributed by atoms with E-state index >= 15 is 0 Å². The average Bonchev–Trinajstić information content (AvgIpc) is 3.16. The number of piperidine rings is 1. The normalized spacial score (nSPS) is 22.7. The highest BCUT2D eigenvalue weighted by atomic mass is 16.2. The molecule has 0 radical (unpaired) electrons. The molecule has 1 aliphatic heterocycles. The Hall–Kier alpha value is -2.24. The van der Waals surface area contributed by atoms with Crippen molar-refractivity contribution in [1.29, 1.82) is 0 Å². The maximum atomic E-state index is 12.7. The lowest BCUT2D eigenvalue weighted by Crippen LogP contribution is -2.46. The predicted molar refractivity (Wildman–Crippen MR) is 104 cm³/mol. The number of carbonyl (C=O) groups is 1. The van der Waals surface area contributed by atoms with Gasteiger partial charge in [-0.15, -0.1) is 10.2 Å². The molecule has 2 atom stereocenters. The van der Waals surface area contributed by atoms with Crippen LogP contribution in [0.4, 0.5) is 0 Å². The summed E-state index contributed by atoms with van der Waals surface area (Å²) < 4.78 is 0. The molecule has 2 aliphatic rings. The molecular formula is C21H29N5O. The van der Waals surface area contributed by atoms with E-state index in [-0.39, 0.29) is 12.5 Å². The van der Waals surface area contributed by atoms with Gasteiger partial charge in [-0.3, -0.25) is 4.79 Å². The molecular weight excluding hydrogens is 338 g/mol. The summed E-state index contributed by atoms with van der Waals surface area (Å²) in [6.07, 6.45) is 6.43. The van der Waals surface area contributed by atoms with Crippen LogP contribution in [0.25, 0.3) is 11.4 Å². The summed E-state index contributed by atoms with van der Waals surface area (Å²) in [5.41, 5.74) is 2.22. The van der Waals surface area contributed by atoms with Gasteiger partial charge in [-0.25, -0.2) is 0 Å². The fourth-order valence-electron chi connectivity index (χ4n) is 4.49. The van der Waals surface area contributed by atoms with Gasteiger partial charge >= 0.3 is 0 Å². The molecule has 27 heavy (non-hydrogen) atoms. The standard InChI is InChI=1S/C21H29N5O/c1-15(2)16-7-9-18(10-8-16)21-22-24-26(23-21)14-20(27)25-12-11-17-5-3-4-6-19(17)13-25/h7-10,15,17,19H,3-6,11-14H2,1-2H3/t17-,19+/m0/s1. The van der Waals surface area contributed by atoms with Crippen LogP contribution < -0.4 is 0 Å². The molecule has 1 saturated heterocycles. The molecule has 4 rings (SSSR count). The largest absolute Gasteiger partial charge is 0.341 e. The van der Waals surface area contributed by atoms with E-state index in [1.165, 1.54) is 36.0 Å². The number of benzene rings is 1. The molecule has 1 amide bonds. The van der Waals surface area contributed by atoms with Gasteiger partial charge in [0.1, 0.15) is 6.54 Å². The number of fused-ring (bicyclic) bond motifs is 1. The zero-order chi connectivity index (χ0) is 18.8. The molecule has 2 aromatic rings. The molecule has 2 heterocycles. The fraction of sp³-hybridized carbons (Fsp3) is 0.619. The third-order valence-corrected chi connectivity index (χ3v) is 6.21. The van der Waals surface area contributed by atoms with Crippen LogP contribution in [-0.2, 0) is 11.3 Å². The van der Waals surface area contributed by atoms with Gasteiger partial charge in [0.25, 0.3) is 0 Å². The number of rotatable bonds is 4. The molecule has 1 aromatic heterocycles. The second-order valence-electron chi connectivity index (χ2n) is 8.35. The number of tetrazole rings is 1. The van der Waals surface area contributed by atoms with Crippen molar-refractivity contribution in [3.63, 3.8) is 0 Å². The molecule has 1 saturated carbocycles. The van der Waals surface area contributed by atoms with Crippen molar-refractivity contribution in [2.24, 2.45) is 11.8 Å². The van der Waals surface area contributed by atoms with E-state index in [1.54, 1.807) is 0 Å². The van der Waals surface area contributed by atoms with E-state index in [9.17, 15) is 4.79 Å². The first-order valence-electron chi connectivity index (χ1n) is 10.3. The van der Waals surface area contributed by atoms with Crippen LogP contribution in [0.5, 0.6) is 0 Å². The van der Waals surface area contributed by atoms with Crippen LogP contribution in [0, 0.1) is 11.8 Å². The Balaban J connectivity index is 1.38. The van der Waals surface area contributed by atoms with Crippen molar-refractivity contribution < 1.29 is 4.79 Å². The summed E-state index contributed by atoms with van der Waals surface area (Å²) in [7, 11) is 0. The van der Waals surface area contributed by atoms with Gasteiger partial charge in [-0.2, -0.15) is 4.80 Å². The number of hydrogen-bond acceptors (Lipinski definition) is 4. The Morgan fingerprint density at radius 2 is 1.85 bits per heavy atom. The lowest BCUT2D eigenvalue weighted by Gasteiger charge is -2.41. The van der Waals surface area contributed by atoms with Crippen molar-refractivity contribution in [2.75, 3.05) is 13.1 Å². The quantitative estimate of drug-likeness (QED) is 0.830. The van der Waals surface area contributed by atoms with Gasteiger partial charge in [-0.05, 0) is 41.4 Å². The zero-order valence-corrected chi connectivity index (χ0v) is 16.3. The van der Waals surface area contributed by atoms with Gasteiger partial charge < -0.3 is 4.90 Å².